The Kier molecular flexibility index (Phi) is 4.51. The average Bonchev–Trinajstić information content (AvgIpc) is 2.57. The molecule has 0 aromatic carbocycles. The van der Waals surface area contributed by atoms with Gasteiger partial charge < -0.3 is 9.64 Å². The summed E-state index contributed by atoms with van der Waals surface area (Å²) in [6.45, 7) is 6.92. The fraction of sp³-hybridized carbons (Fsp3) is 0.471. The monoisotopic (exact) mass is 298 g/mol. The standard InChI is InChI=1S/C17H22N4O/c1-13-14(2)19-12-20-17(13)21-9-6-15(7-10-21)11-22-16-5-3-4-8-18-16/h3-5,8,12,15H,6-7,9-11H2,1-2H3. The highest BCUT2D eigenvalue weighted by molar-refractivity contribution is 5.47. The van der Waals surface area contributed by atoms with Gasteiger partial charge in [-0.3, -0.25) is 0 Å². The van der Waals surface area contributed by atoms with Gasteiger partial charge in [-0.15, -0.1) is 0 Å². The molecule has 2 aromatic rings. The molecule has 0 radical (unpaired) electrons. The van der Waals surface area contributed by atoms with Crippen molar-refractivity contribution in [3.05, 3.63) is 42.0 Å². The molecule has 0 saturated carbocycles. The van der Waals surface area contributed by atoms with Gasteiger partial charge in [-0.25, -0.2) is 15.0 Å². The first-order valence-electron chi connectivity index (χ1n) is 7.81. The van der Waals surface area contributed by atoms with Crippen LogP contribution in [0.25, 0.3) is 0 Å². The topological polar surface area (TPSA) is 51.1 Å². The van der Waals surface area contributed by atoms with Gasteiger partial charge in [0.1, 0.15) is 12.1 Å². The highest BCUT2D eigenvalue weighted by Gasteiger charge is 2.22. The summed E-state index contributed by atoms with van der Waals surface area (Å²) in [5, 5.41) is 0. The van der Waals surface area contributed by atoms with Crippen LogP contribution in [-0.2, 0) is 0 Å². The van der Waals surface area contributed by atoms with Crippen molar-refractivity contribution in [2.75, 3.05) is 24.6 Å². The highest BCUT2D eigenvalue weighted by atomic mass is 16.5. The fourth-order valence-electron chi connectivity index (χ4n) is 2.79. The largest absolute Gasteiger partial charge is 0.477 e. The Morgan fingerprint density at radius 2 is 1.95 bits per heavy atom. The molecule has 1 fully saturated rings. The number of pyridine rings is 1. The molecule has 1 aliphatic rings. The Hall–Kier alpha value is -2.17. The van der Waals surface area contributed by atoms with Crippen LogP contribution in [0.4, 0.5) is 5.82 Å². The van der Waals surface area contributed by atoms with E-state index < -0.39 is 0 Å². The maximum atomic E-state index is 5.77. The maximum absolute atomic E-state index is 5.77. The first-order valence-corrected chi connectivity index (χ1v) is 7.81. The number of hydrogen-bond donors (Lipinski definition) is 0. The van der Waals surface area contributed by atoms with Gasteiger partial charge in [0, 0.05) is 36.6 Å². The molecule has 0 aliphatic carbocycles. The Balaban J connectivity index is 1.53. The lowest BCUT2D eigenvalue weighted by molar-refractivity contribution is 0.216. The van der Waals surface area contributed by atoms with Gasteiger partial charge in [0.2, 0.25) is 5.88 Å². The molecule has 0 unspecified atom stereocenters. The molecule has 22 heavy (non-hydrogen) atoms. The van der Waals surface area contributed by atoms with E-state index in [0.717, 1.165) is 44.0 Å². The molecule has 2 aromatic heterocycles. The number of anilines is 1. The number of aryl methyl sites for hydroxylation is 1. The zero-order chi connectivity index (χ0) is 15.4. The van der Waals surface area contributed by atoms with E-state index in [2.05, 4.69) is 26.8 Å². The van der Waals surface area contributed by atoms with Gasteiger partial charge >= 0.3 is 0 Å². The lowest BCUT2D eigenvalue weighted by atomic mass is 9.97. The summed E-state index contributed by atoms with van der Waals surface area (Å²) < 4.78 is 5.77. The van der Waals surface area contributed by atoms with Crippen LogP contribution in [0.5, 0.6) is 5.88 Å². The molecule has 5 heteroatoms. The van der Waals surface area contributed by atoms with E-state index in [9.17, 15) is 0 Å². The Labute approximate surface area is 131 Å². The molecule has 116 valence electrons. The third-order valence-corrected chi connectivity index (χ3v) is 4.33. The third-order valence-electron chi connectivity index (χ3n) is 4.33. The molecular formula is C17H22N4O. The van der Waals surface area contributed by atoms with Gasteiger partial charge in [0.05, 0.1) is 6.61 Å². The summed E-state index contributed by atoms with van der Waals surface area (Å²) in [7, 11) is 0. The Morgan fingerprint density at radius 3 is 2.68 bits per heavy atom. The van der Waals surface area contributed by atoms with Crippen LogP contribution in [0, 0.1) is 19.8 Å². The number of ether oxygens (including phenoxy) is 1. The van der Waals surface area contributed by atoms with Crippen molar-refractivity contribution in [3.8, 4) is 5.88 Å². The van der Waals surface area contributed by atoms with E-state index in [1.165, 1.54) is 5.56 Å². The van der Waals surface area contributed by atoms with Crippen molar-refractivity contribution in [1.82, 2.24) is 15.0 Å². The van der Waals surface area contributed by atoms with Crippen molar-refractivity contribution in [2.45, 2.75) is 26.7 Å². The normalized spacial score (nSPS) is 15.8. The van der Waals surface area contributed by atoms with Gasteiger partial charge in [0.25, 0.3) is 0 Å². The smallest absolute Gasteiger partial charge is 0.213 e. The molecule has 0 atom stereocenters. The molecule has 3 rings (SSSR count). The minimum atomic E-state index is 0.585. The van der Waals surface area contributed by atoms with Crippen LogP contribution in [-0.4, -0.2) is 34.6 Å². The summed E-state index contributed by atoms with van der Waals surface area (Å²) in [6, 6.07) is 5.75. The Bertz CT molecular complexity index is 609. The van der Waals surface area contributed by atoms with Crippen molar-refractivity contribution in [1.29, 1.82) is 0 Å². The van der Waals surface area contributed by atoms with Gasteiger partial charge in [-0.1, -0.05) is 6.07 Å². The van der Waals surface area contributed by atoms with E-state index in [1.54, 1.807) is 12.5 Å². The molecule has 0 spiro atoms. The van der Waals surface area contributed by atoms with Crippen molar-refractivity contribution in [2.24, 2.45) is 5.92 Å². The number of hydrogen-bond acceptors (Lipinski definition) is 5. The minimum absolute atomic E-state index is 0.585. The van der Waals surface area contributed by atoms with Crippen LogP contribution in [0.1, 0.15) is 24.1 Å². The molecule has 0 N–H and O–H groups in total. The molecule has 0 amide bonds. The zero-order valence-corrected chi connectivity index (χ0v) is 13.2. The molecule has 3 heterocycles. The maximum Gasteiger partial charge on any atom is 0.213 e. The van der Waals surface area contributed by atoms with Crippen molar-refractivity contribution in [3.63, 3.8) is 0 Å². The zero-order valence-electron chi connectivity index (χ0n) is 13.2. The van der Waals surface area contributed by atoms with Crippen LogP contribution in [0.3, 0.4) is 0 Å². The molecule has 0 bridgehead atoms. The van der Waals surface area contributed by atoms with Gasteiger partial charge in [0.15, 0.2) is 0 Å². The number of nitrogens with zero attached hydrogens (tertiary/aromatic N) is 4. The number of piperidine rings is 1. The summed E-state index contributed by atoms with van der Waals surface area (Å²) >= 11 is 0. The number of rotatable bonds is 4. The second kappa shape index (κ2) is 6.73. The van der Waals surface area contributed by atoms with Crippen LogP contribution < -0.4 is 9.64 Å². The van der Waals surface area contributed by atoms with Crippen molar-refractivity contribution >= 4 is 5.82 Å². The summed E-state index contributed by atoms with van der Waals surface area (Å²) in [5.41, 5.74) is 2.25. The van der Waals surface area contributed by atoms with Gasteiger partial charge in [-0.2, -0.15) is 0 Å². The van der Waals surface area contributed by atoms with Crippen molar-refractivity contribution < 1.29 is 4.74 Å². The second-order valence-electron chi connectivity index (χ2n) is 5.82. The first kappa shape index (κ1) is 14.8. The van der Waals surface area contributed by atoms with Crippen LogP contribution in [0.15, 0.2) is 30.7 Å². The molecule has 1 aliphatic heterocycles. The molecule has 5 nitrogen and oxygen atoms in total. The predicted molar refractivity (Wildman–Crippen MR) is 86.2 cm³/mol. The van der Waals surface area contributed by atoms with E-state index in [4.69, 9.17) is 4.74 Å². The van der Waals surface area contributed by atoms with E-state index >= 15 is 0 Å². The fourth-order valence-corrected chi connectivity index (χ4v) is 2.79. The first-order chi connectivity index (χ1) is 10.7. The third kappa shape index (κ3) is 3.35. The summed E-state index contributed by atoms with van der Waals surface area (Å²) in [4.78, 5) is 15.3. The van der Waals surface area contributed by atoms with E-state index in [1.807, 2.05) is 25.1 Å². The molecule has 1 saturated heterocycles. The number of aromatic nitrogens is 3. The van der Waals surface area contributed by atoms with E-state index in [0.29, 0.717) is 11.8 Å². The van der Waals surface area contributed by atoms with E-state index in [-0.39, 0.29) is 0 Å². The lowest BCUT2D eigenvalue weighted by Gasteiger charge is -2.33. The second-order valence-corrected chi connectivity index (χ2v) is 5.82. The quantitative estimate of drug-likeness (QED) is 0.868. The predicted octanol–water partition coefficient (Wildman–Crippen LogP) is 2.78. The lowest BCUT2D eigenvalue weighted by Crippen LogP contribution is -2.36. The summed E-state index contributed by atoms with van der Waals surface area (Å²) in [5.74, 6) is 2.38. The molecular weight excluding hydrogens is 276 g/mol. The summed E-state index contributed by atoms with van der Waals surface area (Å²) in [6.07, 6.45) is 5.66. The van der Waals surface area contributed by atoms with Crippen LogP contribution in [0.2, 0.25) is 0 Å². The highest BCUT2D eigenvalue weighted by Crippen LogP contribution is 2.25. The van der Waals surface area contributed by atoms with Crippen LogP contribution >= 0.6 is 0 Å². The Morgan fingerprint density at radius 1 is 1.14 bits per heavy atom. The SMILES string of the molecule is Cc1ncnc(N2CCC(COc3ccccn3)CC2)c1C. The minimum Gasteiger partial charge on any atom is -0.477 e. The van der Waals surface area contributed by atoms with Gasteiger partial charge in [-0.05, 0) is 38.7 Å². The average molecular weight is 298 g/mol.